The number of unbranched alkanes of at least 4 members (excludes halogenated alkanes) is 1. The Morgan fingerprint density at radius 2 is 1.88 bits per heavy atom. The average Bonchev–Trinajstić information content (AvgIpc) is 3.36. The van der Waals surface area contributed by atoms with Gasteiger partial charge in [-0.1, -0.05) is 50.1 Å². The first kappa shape index (κ1) is 22.0. The third kappa shape index (κ3) is 4.50. The number of benzene rings is 2. The molecule has 1 atom stereocenters. The summed E-state index contributed by atoms with van der Waals surface area (Å²) in [6, 6.07) is 14.8. The molecule has 32 heavy (non-hydrogen) atoms. The van der Waals surface area contributed by atoms with E-state index >= 15 is 0 Å². The number of nitrogens with zero attached hydrogens (tertiary/aromatic N) is 2. The molecule has 3 amide bonds. The minimum Gasteiger partial charge on any atom is -0.486 e. The van der Waals surface area contributed by atoms with Crippen molar-refractivity contribution in [3.63, 3.8) is 0 Å². The van der Waals surface area contributed by atoms with Crippen LogP contribution in [0.15, 0.2) is 60.0 Å². The fraction of sp³-hybridized carbons (Fsp3) is 0.292. The first-order valence-corrected chi connectivity index (χ1v) is 11.4. The van der Waals surface area contributed by atoms with E-state index in [1.807, 2.05) is 35.7 Å². The Labute approximate surface area is 190 Å². The van der Waals surface area contributed by atoms with Gasteiger partial charge in [0.1, 0.15) is 28.7 Å². The van der Waals surface area contributed by atoms with Crippen molar-refractivity contribution < 1.29 is 18.7 Å². The largest absolute Gasteiger partial charge is 0.486 e. The Bertz CT molecular complexity index is 1090. The minimum absolute atomic E-state index is 0.0957. The second-order valence-electron chi connectivity index (χ2n) is 7.67. The molecule has 1 N–H and O–H groups in total. The van der Waals surface area contributed by atoms with Crippen molar-refractivity contribution in [3.8, 4) is 5.75 Å². The Morgan fingerprint density at radius 1 is 1.12 bits per heavy atom. The van der Waals surface area contributed by atoms with Crippen LogP contribution in [0.25, 0.3) is 0 Å². The zero-order valence-corrected chi connectivity index (χ0v) is 18.5. The highest BCUT2D eigenvalue weighted by molar-refractivity contribution is 7.09. The van der Waals surface area contributed by atoms with Crippen LogP contribution in [0.3, 0.4) is 0 Å². The first-order chi connectivity index (χ1) is 15.5. The molecule has 0 bridgehead atoms. The van der Waals surface area contributed by atoms with Crippen LogP contribution in [0.5, 0.6) is 5.75 Å². The number of urea groups is 1. The van der Waals surface area contributed by atoms with Gasteiger partial charge in [-0.25, -0.2) is 14.2 Å². The summed E-state index contributed by atoms with van der Waals surface area (Å²) in [4.78, 5) is 32.0. The number of carbonyl (C=O) groups excluding carboxylic acids is 2. The number of thiazole rings is 1. The molecule has 1 aliphatic rings. The number of carbonyl (C=O) groups is 2. The number of imide groups is 1. The van der Waals surface area contributed by atoms with Crippen LogP contribution >= 0.6 is 11.3 Å². The Balaban J connectivity index is 1.47. The van der Waals surface area contributed by atoms with Crippen molar-refractivity contribution in [2.24, 2.45) is 0 Å². The lowest BCUT2D eigenvalue weighted by Crippen LogP contribution is -2.44. The highest BCUT2D eigenvalue weighted by Gasteiger charge is 2.51. The molecule has 0 aliphatic carbocycles. The number of aromatic nitrogens is 1. The highest BCUT2D eigenvalue weighted by Crippen LogP contribution is 2.35. The zero-order chi connectivity index (χ0) is 22.6. The van der Waals surface area contributed by atoms with Crippen molar-refractivity contribution in [2.45, 2.75) is 44.9 Å². The van der Waals surface area contributed by atoms with Crippen LogP contribution in [-0.4, -0.2) is 21.8 Å². The molecule has 1 unspecified atom stereocenters. The maximum absolute atomic E-state index is 13.5. The summed E-state index contributed by atoms with van der Waals surface area (Å²) in [5, 5.41) is 5.48. The molecule has 6 nitrogen and oxygen atoms in total. The van der Waals surface area contributed by atoms with Crippen molar-refractivity contribution in [2.75, 3.05) is 0 Å². The molecule has 4 rings (SSSR count). The number of rotatable bonds is 9. The second-order valence-corrected chi connectivity index (χ2v) is 8.61. The van der Waals surface area contributed by atoms with E-state index in [0.717, 1.165) is 18.4 Å². The van der Waals surface area contributed by atoms with Gasteiger partial charge in [-0.05, 0) is 36.2 Å². The first-order valence-electron chi connectivity index (χ1n) is 10.5. The minimum atomic E-state index is -1.04. The van der Waals surface area contributed by atoms with E-state index in [1.54, 1.807) is 12.1 Å². The van der Waals surface area contributed by atoms with Crippen LogP contribution in [0.2, 0.25) is 0 Å². The van der Waals surface area contributed by atoms with Crippen molar-refractivity contribution >= 4 is 23.3 Å². The van der Waals surface area contributed by atoms with Crippen LogP contribution in [-0.2, 0) is 23.5 Å². The maximum Gasteiger partial charge on any atom is 0.325 e. The molecule has 0 radical (unpaired) electrons. The lowest BCUT2D eigenvalue weighted by Gasteiger charge is -2.27. The van der Waals surface area contributed by atoms with E-state index in [1.165, 1.54) is 28.4 Å². The van der Waals surface area contributed by atoms with Crippen molar-refractivity contribution in [3.05, 3.63) is 82.1 Å². The van der Waals surface area contributed by atoms with Crippen LogP contribution in [0, 0.1) is 5.82 Å². The number of amides is 3. The predicted octanol–water partition coefficient (Wildman–Crippen LogP) is 5.00. The van der Waals surface area contributed by atoms with E-state index in [9.17, 15) is 14.0 Å². The Kier molecular flexibility index (Phi) is 6.50. The van der Waals surface area contributed by atoms with Gasteiger partial charge in [0, 0.05) is 5.38 Å². The molecular formula is C24H24FN3O3S. The van der Waals surface area contributed by atoms with Gasteiger partial charge in [0.15, 0.2) is 0 Å². The molecular weight excluding hydrogens is 429 g/mol. The molecule has 2 heterocycles. The molecule has 166 valence electrons. The molecule has 1 saturated heterocycles. The maximum atomic E-state index is 13.5. The molecule has 1 aromatic heterocycles. The lowest BCUT2D eigenvalue weighted by molar-refractivity contribution is -0.132. The van der Waals surface area contributed by atoms with Gasteiger partial charge in [-0.15, -0.1) is 11.3 Å². The van der Waals surface area contributed by atoms with Crippen LogP contribution in [0.4, 0.5) is 9.18 Å². The fourth-order valence-corrected chi connectivity index (χ4v) is 4.47. The number of ether oxygens (including phenoxy) is 1. The standard InChI is InChI=1S/C24H24FN3O3S/c1-2-3-13-24(17-7-5-4-6-8-17)22(29)28(23(30)27-24)14-19-16-32-21(26-19)15-31-20-11-9-18(25)10-12-20/h4-12,16H,2-3,13-15H2,1H3,(H,27,30). The summed E-state index contributed by atoms with van der Waals surface area (Å²) in [6.45, 7) is 2.38. The van der Waals surface area contributed by atoms with Gasteiger partial charge in [-0.3, -0.25) is 9.69 Å². The van der Waals surface area contributed by atoms with Crippen molar-refractivity contribution in [1.29, 1.82) is 0 Å². The Hall–Kier alpha value is -3.26. The summed E-state index contributed by atoms with van der Waals surface area (Å²) in [7, 11) is 0. The summed E-state index contributed by atoms with van der Waals surface area (Å²) >= 11 is 1.39. The molecule has 2 aromatic carbocycles. The van der Waals surface area contributed by atoms with Crippen LogP contribution < -0.4 is 10.1 Å². The normalized spacial score (nSPS) is 18.1. The molecule has 8 heteroatoms. The van der Waals surface area contributed by atoms with E-state index in [4.69, 9.17) is 4.74 Å². The molecule has 0 spiro atoms. The number of hydrogen-bond donors (Lipinski definition) is 1. The molecule has 1 aliphatic heterocycles. The van der Waals surface area contributed by atoms with E-state index < -0.39 is 11.6 Å². The Morgan fingerprint density at radius 3 is 2.59 bits per heavy atom. The lowest BCUT2D eigenvalue weighted by atomic mass is 9.85. The summed E-state index contributed by atoms with van der Waals surface area (Å²) in [5.74, 6) is -0.0342. The van der Waals surface area contributed by atoms with E-state index in [2.05, 4.69) is 17.2 Å². The summed E-state index contributed by atoms with van der Waals surface area (Å²) < 4.78 is 18.6. The zero-order valence-electron chi connectivity index (χ0n) is 17.7. The third-order valence-electron chi connectivity index (χ3n) is 5.44. The molecule has 0 saturated carbocycles. The predicted molar refractivity (Wildman–Crippen MR) is 120 cm³/mol. The number of halogens is 1. The highest BCUT2D eigenvalue weighted by atomic mass is 32.1. The topological polar surface area (TPSA) is 71.5 Å². The smallest absolute Gasteiger partial charge is 0.325 e. The average molecular weight is 454 g/mol. The summed E-state index contributed by atoms with van der Waals surface area (Å²) in [5.41, 5.74) is 0.371. The van der Waals surface area contributed by atoms with Crippen LogP contribution in [0.1, 0.15) is 42.5 Å². The van der Waals surface area contributed by atoms with E-state index in [0.29, 0.717) is 22.9 Å². The SMILES string of the molecule is CCCCC1(c2ccccc2)NC(=O)N(Cc2csc(COc3ccc(F)cc3)n2)C1=O. The molecule has 3 aromatic rings. The van der Waals surface area contributed by atoms with Crippen molar-refractivity contribution in [1.82, 2.24) is 15.2 Å². The van der Waals surface area contributed by atoms with Gasteiger partial charge in [0.2, 0.25) is 0 Å². The number of hydrogen-bond acceptors (Lipinski definition) is 5. The van der Waals surface area contributed by atoms with Gasteiger partial charge in [0.05, 0.1) is 12.2 Å². The van der Waals surface area contributed by atoms with Gasteiger partial charge < -0.3 is 10.1 Å². The van der Waals surface area contributed by atoms with Gasteiger partial charge in [-0.2, -0.15) is 0 Å². The fourth-order valence-electron chi connectivity index (χ4n) is 3.77. The third-order valence-corrected chi connectivity index (χ3v) is 6.31. The second kappa shape index (κ2) is 9.48. The van der Waals surface area contributed by atoms with Gasteiger partial charge >= 0.3 is 6.03 Å². The monoisotopic (exact) mass is 453 g/mol. The quantitative estimate of drug-likeness (QED) is 0.463. The molecule has 1 fully saturated rings. The van der Waals surface area contributed by atoms with E-state index in [-0.39, 0.29) is 24.9 Å². The summed E-state index contributed by atoms with van der Waals surface area (Å²) in [6.07, 6.45) is 2.28. The van der Waals surface area contributed by atoms with Gasteiger partial charge in [0.25, 0.3) is 5.91 Å². The number of nitrogens with one attached hydrogen (secondary N) is 1.